The molecule has 2 amide bonds. The van der Waals surface area contributed by atoms with Gasteiger partial charge in [-0.15, -0.1) is 0 Å². The summed E-state index contributed by atoms with van der Waals surface area (Å²) in [5, 5.41) is 3.11. The minimum atomic E-state index is 0.111. The molecule has 1 aromatic carbocycles. The lowest BCUT2D eigenvalue weighted by molar-refractivity contribution is 0.183. The van der Waals surface area contributed by atoms with Crippen molar-refractivity contribution in [3.05, 3.63) is 35.9 Å². The lowest BCUT2D eigenvalue weighted by Gasteiger charge is -2.28. The van der Waals surface area contributed by atoms with Crippen LogP contribution < -0.4 is 5.32 Å². The van der Waals surface area contributed by atoms with E-state index in [4.69, 9.17) is 0 Å². The predicted octanol–water partition coefficient (Wildman–Crippen LogP) is 3.20. The van der Waals surface area contributed by atoms with Crippen molar-refractivity contribution in [2.24, 2.45) is 0 Å². The number of hydrogen-bond acceptors (Lipinski definition) is 1. The lowest BCUT2D eigenvalue weighted by Crippen LogP contribution is -2.46. The molecule has 1 aliphatic heterocycles. The highest BCUT2D eigenvalue weighted by Crippen LogP contribution is 2.09. The summed E-state index contributed by atoms with van der Waals surface area (Å²) in [6.07, 6.45) is 5.55. The van der Waals surface area contributed by atoms with E-state index in [0.29, 0.717) is 0 Å². The standard InChI is InChI=1S/C16H24N2O/c1-14(10-11-15-8-4-2-5-9-15)17-16(19)18-12-6-3-7-13-18/h2,4-5,8-9,14H,3,6-7,10-13H2,1H3,(H,17,19). The zero-order valence-corrected chi connectivity index (χ0v) is 11.8. The van der Waals surface area contributed by atoms with E-state index in [1.807, 2.05) is 11.0 Å². The molecule has 1 heterocycles. The van der Waals surface area contributed by atoms with Crippen LogP contribution in [0.5, 0.6) is 0 Å². The van der Waals surface area contributed by atoms with Gasteiger partial charge in [0.1, 0.15) is 0 Å². The van der Waals surface area contributed by atoms with E-state index in [1.165, 1.54) is 12.0 Å². The van der Waals surface area contributed by atoms with Crippen molar-refractivity contribution in [3.63, 3.8) is 0 Å². The number of hydrogen-bond donors (Lipinski definition) is 1. The van der Waals surface area contributed by atoms with Gasteiger partial charge in [-0.05, 0) is 44.6 Å². The number of piperidine rings is 1. The number of amides is 2. The molecule has 0 spiro atoms. The summed E-state index contributed by atoms with van der Waals surface area (Å²) < 4.78 is 0. The van der Waals surface area contributed by atoms with Crippen LogP contribution >= 0.6 is 0 Å². The molecule has 1 unspecified atom stereocenters. The quantitative estimate of drug-likeness (QED) is 0.886. The van der Waals surface area contributed by atoms with Gasteiger partial charge in [0.05, 0.1) is 0 Å². The fourth-order valence-electron chi connectivity index (χ4n) is 2.50. The Balaban J connectivity index is 1.71. The Morgan fingerprint density at radius 2 is 1.89 bits per heavy atom. The van der Waals surface area contributed by atoms with E-state index in [1.54, 1.807) is 0 Å². The van der Waals surface area contributed by atoms with Crippen LogP contribution in [-0.4, -0.2) is 30.1 Å². The molecule has 1 aliphatic rings. The Morgan fingerprint density at radius 3 is 2.58 bits per heavy atom. The van der Waals surface area contributed by atoms with Gasteiger partial charge in [0.25, 0.3) is 0 Å². The van der Waals surface area contributed by atoms with Gasteiger partial charge in [-0.25, -0.2) is 4.79 Å². The van der Waals surface area contributed by atoms with Gasteiger partial charge in [-0.2, -0.15) is 0 Å². The molecular weight excluding hydrogens is 236 g/mol. The molecule has 0 aromatic heterocycles. The molecule has 0 saturated carbocycles. The summed E-state index contributed by atoms with van der Waals surface area (Å²) in [5.74, 6) is 0. The number of carbonyl (C=O) groups excluding carboxylic acids is 1. The maximum absolute atomic E-state index is 12.0. The maximum atomic E-state index is 12.0. The molecule has 0 radical (unpaired) electrons. The van der Waals surface area contributed by atoms with E-state index in [2.05, 4.69) is 36.5 Å². The van der Waals surface area contributed by atoms with Crippen molar-refractivity contribution >= 4 is 6.03 Å². The minimum absolute atomic E-state index is 0.111. The van der Waals surface area contributed by atoms with Crippen molar-refractivity contribution in [2.45, 2.75) is 45.1 Å². The van der Waals surface area contributed by atoms with Gasteiger partial charge in [-0.1, -0.05) is 30.3 Å². The molecule has 19 heavy (non-hydrogen) atoms. The Morgan fingerprint density at radius 1 is 1.21 bits per heavy atom. The van der Waals surface area contributed by atoms with Crippen LogP contribution in [-0.2, 0) is 6.42 Å². The van der Waals surface area contributed by atoms with Crippen LogP contribution in [0.25, 0.3) is 0 Å². The summed E-state index contributed by atoms with van der Waals surface area (Å²) in [6.45, 7) is 3.92. The van der Waals surface area contributed by atoms with Crippen LogP contribution in [0.15, 0.2) is 30.3 Å². The molecular formula is C16H24N2O. The van der Waals surface area contributed by atoms with Crippen LogP contribution in [0.2, 0.25) is 0 Å². The molecule has 0 aliphatic carbocycles. The number of benzene rings is 1. The normalized spacial score (nSPS) is 17.0. The zero-order valence-electron chi connectivity index (χ0n) is 11.8. The van der Waals surface area contributed by atoms with Gasteiger partial charge in [0, 0.05) is 19.1 Å². The van der Waals surface area contributed by atoms with E-state index in [-0.39, 0.29) is 12.1 Å². The first-order valence-electron chi connectivity index (χ1n) is 7.35. The monoisotopic (exact) mass is 260 g/mol. The molecule has 3 heteroatoms. The number of aryl methyl sites for hydroxylation is 1. The van der Waals surface area contributed by atoms with Crippen molar-refractivity contribution in [2.75, 3.05) is 13.1 Å². The fraction of sp³-hybridized carbons (Fsp3) is 0.562. The molecule has 3 nitrogen and oxygen atoms in total. The Hall–Kier alpha value is -1.51. The molecule has 104 valence electrons. The van der Waals surface area contributed by atoms with Crippen LogP contribution in [0.3, 0.4) is 0 Å². The van der Waals surface area contributed by atoms with Gasteiger partial charge in [0.2, 0.25) is 0 Å². The Labute approximate surface area is 116 Å². The third kappa shape index (κ3) is 4.58. The number of nitrogens with zero attached hydrogens (tertiary/aromatic N) is 1. The second-order valence-electron chi connectivity index (χ2n) is 5.42. The van der Waals surface area contributed by atoms with Crippen LogP contribution in [0.1, 0.15) is 38.2 Å². The molecule has 1 atom stereocenters. The van der Waals surface area contributed by atoms with Crippen molar-refractivity contribution in [3.8, 4) is 0 Å². The van der Waals surface area contributed by atoms with Crippen LogP contribution in [0, 0.1) is 0 Å². The van der Waals surface area contributed by atoms with Crippen molar-refractivity contribution in [1.82, 2.24) is 10.2 Å². The molecule has 1 N–H and O–H groups in total. The summed E-state index contributed by atoms with van der Waals surface area (Å²) >= 11 is 0. The van der Waals surface area contributed by atoms with Gasteiger partial charge >= 0.3 is 6.03 Å². The van der Waals surface area contributed by atoms with Crippen molar-refractivity contribution in [1.29, 1.82) is 0 Å². The molecule has 1 saturated heterocycles. The fourth-order valence-corrected chi connectivity index (χ4v) is 2.50. The third-order valence-electron chi connectivity index (χ3n) is 3.72. The minimum Gasteiger partial charge on any atom is -0.336 e. The number of urea groups is 1. The first kappa shape index (κ1) is 13.9. The smallest absolute Gasteiger partial charge is 0.317 e. The summed E-state index contributed by atoms with van der Waals surface area (Å²) in [7, 11) is 0. The van der Waals surface area contributed by atoms with E-state index >= 15 is 0 Å². The van der Waals surface area contributed by atoms with Gasteiger partial charge in [-0.3, -0.25) is 0 Å². The second kappa shape index (κ2) is 7.17. The first-order valence-corrected chi connectivity index (χ1v) is 7.35. The number of nitrogens with one attached hydrogen (secondary N) is 1. The van der Waals surface area contributed by atoms with E-state index < -0.39 is 0 Å². The second-order valence-corrected chi connectivity index (χ2v) is 5.42. The average molecular weight is 260 g/mol. The number of rotatable bonds is 4. The SMILES string of the molecule is CC(CCc1ccccc1)NC(=O)N1CCCCC1. The summed E-state index contributed by atoms with van der Waals surface area (Å²) in [4.78, 5) is 14.0. The molecule has 2 rings (SSSR count). The highest BCUT2D eigenvalue weighted by Gasteiger charge is 2.17. The first-order chi connectivity index (χ1) is 9.25. The zero-order chi connectivity index (χ0) is 13.5. The topological polar surface area (TPSA) is 32.3 Å². The molecule has 1 fully saturated rings. The Kier molecular flexibility index (Phi) is 5.25. The number of carbonyl (C=O) groups is 1. The van der Waals surface area contributed by atoms with Gasteiger partial charge < -0.3 is 10.2 Å². The van der Waals surface area contributed by atoms with Crippen LogP contribution in [0.4, 0.5) is 4.79 Å². The highest BCUT2D eigenvalue weighted by molar-refractivity contribution is 5.74. The number of likely N-dealkylation sites (tertiary alicyclic amines) is 1. The molecule has 0 bridgehead atoms. The largest absolute Gasteiger partial charge is 0.336 e. The van der Waals surface area contributed by atoms with E-state index in [9.17, 15) is 4.79 Å². The predicted molar refractivity (Wildman–Crippen MR) is 78.2 cm³/mol. The highest BCUT2D eigenvalue weighted by atomic mass is 16.2. The average Bonchev–Trinajstić information content (AvgIpc) is 2.47. The van der Waals surface area contributed by atoms with Crippen molar-refractivity contribution < 1.29 is 4.79 Å². The Bertz CT molecular complexity index is 385. The van der Waals surface area contributed by atoms with Gasteiger partial charge in [0.15, 0.2) is 0 Å². The summed E-state index contributed by atoms with van der Waals surface area (Å²) in [6, 6.07) is 10.8. The molecule has 1 aromatic rings. The van der Waals surface area contributed by atoms with E-state index in [0.717, 1.165) is 38.8 Å². The summed E-state index contributed by atoms with van der Waals surface area (Å²) in [5.41, 5.74) is 1.33. The lowest BCUT2D eigenvalue weighted by atomic mass is 10.1. The maximum Gasteiger partial charge on any atom is 0.317 e. The third-order valence-corrected chi connectivity index (χ3v) is 3.72.